The van der Waals surface area contributed by atoms with Crippen molar-refractivity contribution >= 4 is 34.6 Å². The number of aromatic nitrogens is 3. The van der Waals surface area contributed by atoms with E-state index in [0.717, 1.165) is 34.0 Å². The SMILES string of the molecule is Cc1nc(CCn2c(=S)[nH]c3cccc(C)c32)cs1. The zero-order chi connectivity index (χ0) is 13.4. The van der Waals surface area contributed by atoms with E-state index in [-0.39, 0.29) is 0 Å². The summed E-state index contributed by atoms with van der Waals surface area (Å²) in [4.78, 5) is 7.77. The molecule has 0 amide bonds. The summed E-state index contributed by atoms with van der Waals surface area (Å²) in [6, 6.07) is 6.24. The third-order valence-electron chi connectivity index (χ3n) is 3.25. The summed E-state index contributed by atoms with van der Waals surface area (Å²) >= 11 is 7.12. The third kappa shape index (κ3) is 2.35. The number of aryl methyl sites for hydroxylation is 4. The van der Waals surface area contributed by atoms with Crippen molar-refractivity contribution in [2.45, 2.75) is 26.8 Å². The lowest BCUT2D eigenvalue weighted by molar-refractivity contribution is 0.695. The van der Waals surface area contributed by atoms with Gasteiger partial charge in [-0.05, 0) is 37.7 Å². The van der Waals surface area contributed by atoms with Crippen molar-refractivity contribution in [1.82, 2.24) is 14.5 Å². The predicted octanol–water partition coefficient (Wildman–Crippen LogP) is 4.01. The highest BCUT2D eigenvalue weighted by molar-refractivity contribution is 7.71. The molecular formula is C14H15N3S2. The van der Waals surface area contributed by atoms with Crippen LogP contribution in [0.15, 0.2) is 23.6 Å². The van der Waals surface area contributed by atoms with Gasteiger partial charge in [0.25, 0.3) is 0 Å². The highest BCUT2D eigenvalue weighted by Gasteiger charge is 2.07. The van der Waals surface area contributed by atoms with E-state index in [1.54, 1.807) is 11.3 Å². The van der Waals surface area contributed by atoms with Gasteiger partial charge in [-0.2, -0.15) is 0 Å². The maximum atomic E-state index is 5.42. The van der Waals surface area contributed by atoms with Gasteiger partial charge in [0.05, 0.1) is 21.7 Å². The molecule has 2 aromatic heterocycles. The van der Waals surface area contributed by atoms with Gasteiger partial charge in [-0.25, -0.2) is 4.98 Å². The molecule has 0 saturated heterocycles. The van der Waals surface area contributed by atoms with Crippen LogP contribution in [0.3, 0.4) is 0 Å². The molecular weight excluding hydrogens is 274 g/mol. The fourth-order valence-corrected chi connectivity index (χ4v) is 3.30. The van der Waals surface area contributed by atoms with E-state index in [0.29, 0.717) is 0 Å². The van der Waals surface area contributed by atoms with Gasteiger partial charge in [0, 0.05) is 18.3 Å². The van der Waals surface area contributed by atoms with Crippen LogP contribution in [0, 0.1) is 18.6 Å². The smallest absolute Gasteiger partial charge is 0.178 e. The highest BCUT2D eigenvalue weighted by Crippen LogP contribution is 2.19. The molecule has 0 aliphatic heterocycles. The number of rotatable bonds is 3. The molecule has 5 heteroatoms. The van der Waals surface area contributed by atoms with Gasteiger partial charge in [0.15, 0.2) is 4.77 Å². The van der Waals surface area contributed by atoms with E-state index in [1.807, 2.05) is 6.92 Å². The van der Waals surface area contributed by atoms with E-state index in [9.17, 15) is 0 Å². The molecule has 0 radical (unpaired) electrons. The number of para-hydroxylation sites is 1. The molecule has 2 heterocycles. The van der Waals surface area contributed by atoms with Crippen LogP contribution in [0.25, 0.3) is 11.0 Å². The number of nitrogens with one attached hydrogen (secondary N) is 1. The highest BCUT2D eigenvalue weighted by atomic mass is 32.1. The van der Waals surface area contributed by atoms with Crippen LogP contribution in [0.4, 0.5) is 0 Å². The van der Waals surface area contributed by atoms with Crippen LogP contribution < -0.4 is 0 Å². The number of nitrogens with zero attached hydrogens (tertiary/aromatic N) is 2. The lowest BCUT2D eigenvalue weighted by Crippen LogP contribution is -2.02. The van der Waals surface area contributed by atoms with Gasteiger partial charge in [-0.3, -0.25) is 0 Å². The molecule has 0 spiro atoms. The number of hydrogen-bond acceptors (Lipinski definition) is 3. The summed E-state index contributed by atoms with van der Waals surface area (Å²) in [5.74, 6) is 0. The lowest BCUT2D eigenvalue weighted by atomic mass is 10.2. The van der Waals surface area contributed by atoms with Crippen molar-refractivity contribution in [3.05, 3.63) is 44.6 Å². The van der Waals surface area contributed by atoms with E-state index < -0.39 is 0 Å². The minimum atomic E-state index is 0.788. The molecule has 1 N–H and O–H groups in total. The van der Waals surface area contributed by atoms with Crippen LogP contribution >= 0.6 is 23.6 Å². The number of imidazole rings is 1. The van der Waals surface area contributed by atoms with Crippen LogP contribution in [0.5, 0.6) is 0 Å². The number of thiazole rings is 1. The van der Waals surface area contributed by atoms with Crippen LogP contribution in [0.1, 0.15) is 16.3 Å². The molecule has 0 aliphatic carbocycles. The molecule has 0 atom stereocenters. The standard InChI is InChI=1S/C14H15N3S2/c1-9-4-3-5-12-13(9)17(14(18)16-12)7-6-11-8-19-10(2)15-11/h3-5,8H,6-7H2,1-2H3,(H,16,18). The summed E-state index contributed by atoms with van der Waals surface area (Å²) in [6.45, 7) is 5.02. The van der Waals surface area contributed by atoms with Crippen molar-refractivity contribution in [3.63, 3.8) is 0 Å². The zero-order valence-corrected chi connectivity index (χ0v) is 12.6. The maximum absolute atomic E-state index is 5.42. The Morgan fingerprint density at radius 1 is 1.37 bits per heavy atom. The minimum absolute atomic E-state index is 0.788. The van der Waals surface area contributed by atoms with Crippen molar-refractivity contribution in [2.75, 3.05) is 0 Å². The Labute approximate surface area is 120 Å². The number of H-pyrrole nitrogens is 1. The van der Waals surface area contributed by atoms with Crippen molar-refractivity contribution in [1.29, 1.82) is 0 Å². The van der Waals surface area contributed by atoms with Gasteiger partial charge in [-0.1, -0.05) is 12.1 Å². The molecule has 98 valence electrons. The summed E-state index contributed by atoms with van der Waals surface area (Å²) in [7, 11) is 0. The van der Waals surface area contributed by atoms with E-state index in [1.165, 1.54) is 11.1 Å². The van der Waals surface area contributed by atoms with E-state index in [2.05, 4.69) is 45.0 Å². The fraction of sp³-hybridized carbons (Fsp3) is 0.286. The first kappa shape index (κ1) is 12.6. The van der Waals surface area contributed by atoms with Crippen LogP contribution in [-0.2, 0) is 13.0 Å². The molecule has 19 heavy (non-hydrogen) atoms. The first-order chi connectivity index (χ1) is 9.15. The molecule has 3 aromatic rings. The molecule has 0 aliphatic rings. The maximum Gasteiger partial charge on any atom is 0.178 e. The Bertz CT molecular complexity index is 779. The molecule has 0 bridgehead atoms. The van der Waals surface area contributed by atoms with Crippen molar-refractivity contribution in [3.8, 4) is 0 Å². The summed E-state index contributed by atoms with van der Waals surface area (Å²) in [5.41, 5.74) is 4.71. The number of benzene rings is 1. The predicted molar refractivity (Wildman–Crippen MR) is 82.4 cm³/mol. The number of hydrogen-bond donors (Lipinski definition) is 1. The second-order valence-electron chi connectivity index (χ2n) is 4.66. The quantitative estimate of drug-likeness (QED) is 0.739. The summed E-state index contributed by atoms with van der Waals surface area (Å²) < 4.78 is 2.96. The Balaban J connectivity index is 1.96. The number of aromatic amines is 1. The second kappa shape index (κ2) is 4.90. The molecule has 0 fully saturated rings. The normalized spacial score (nSPS) is 11.3. The fourth-order valence-electron chi connectivity index (χ4n) is 2.37. The molecule has 3 nitrogen and oxygen atoms in total. The van der Waals surface area contributed by atoms with Gasteiger partial charge in [-0.15, -0.1) is 11.3 Å². The Morgan fingerprint density at radius 3 is 2.95 bits per heavy atom. The molecule has 0 saturated carbocycles. The molecule has 3 rings (SSSR count). The third-order valence-corrected chi connectivity index (χ3v) is 4.40. The van der Waals surface area contributed by atoms with Crippen LogP contribution in [-0.4, -0.2) is 14.5 Å². The summed E-state index contributed by atoms with van der Waals surface area (Å²) in [6.07, 6.45) is 0.917. The van der Waals surface area contributed by atoms with E-state index >= 15 is 0 Å². The van der Waals surface area contributed by atoms with Crippen LogP contribution in [0.2, 0.25) is 0 Å². The minimum Gasteiger partial charge on any atom is -0.331 e. The van der Waals surface area contributed by atoms with E-state index in [4.69, 9.17) is 12.2 Å². The Hall–Kier alpha value is -1.46. The van der Waals surface area contributed by atoms with Gasteiger partial charge in [0.2, 0.25) is 0 Å². The second-order valence-corrected chi connectivity index (χ2v) is 6.11. The van der Waals surface area contributed by atoms with Gasteiger partial charge < -0.3 is 9.55 Å². The topological polar surface area (TPSA) is 33.6 Å². The average Bonchev–Trinajstić information content (AvgIpc) is 2.91. The zero-order valence-electron chi connectivity index (χ0n) is 10.9. The summed E-state index contributed by atoms with van der Waals surface area (Å²) in [5, 5.41) is 3.24. The first-order valence-electron chi connectivity index (χ1n) is 6.24. The van der Waals surface area contributed by atoms with Crippen molar-refractivity contribution in [2.24, 2.45) is 0 Å². The van der Waals surface area contributed by atoms with Crippen molar-refractivity contribution < 1.29 is 0 Å². The van der Waals surface area contributed by atoms with Gasteiger partial charge in [0.1, 0.15) is 0 Å². The number of fused-ring (bicyclic) bond motifs is 1. The van der Waals surface area contributed by atoms with Gasteiger partial charge >= 0.3 is 0 Å². The Morgan fingerprint density at radius 2 is 2.21 bits per heavy atom. The first-order valence-corrected chi connectivity index (χ1v) is 7.53. The monoisotopic (exact) mass is 289 g/mol. The lowest BCUT2D eigenvalue weighted by Gasteiger charge is -2.05. The average molecular weight is 289 g/mol. The molecule has 1 aromatic carbocycles. The molecule has 0 unspecified atom stereocenters. The largest absolute Gasteiger partial charge is 0.331 e. The Kier molecular flexibility index (Phi) is 3.24.